The van der Waals surface area contributed by atoms with Crippen molar-refractivity contribution in [3.8, 4) is 0 Å². The zero-order valence-electron chi connectivity index (χ0n) is 15.6. The fourth-order valence-corrected chi connectivity index (χ4v) is 4.47. The number of carbonyl (C=O) groups is 3. The van der Waals surface area contributed by atoms with Crippen LogP contribution in [-0.2, 0) is 9.59 Å². The average Bonchev–Trinajstić information content (AvgIpc) is 3.43. The van der Waals surface area contributed by atoms with Gasteiger partial charge >= 0.3 is 5.97 Å². The summed E-state index contributed by atoms with van der Waals surface area (Å²) in [5.41, 5.74) is 1.35. The van der Waals surface area contributed by atoms with E-state index in [1.807, 2.05) is 17.9 Å². The van der Waals surface area contributed by atoms with E-state index in [1.54, 1.807) is 17.3 Å². The monoisotopic (exact) mass is 371 g/mol. The number of hydrogen-bond donors (Lipinski definition) is 1. The van der Waals surface area contributed by atoms with Gasteiger partial charge in [0.15, 0.2) is 0 Å². The molecule has 0 bridgehead atoms. The molecule has 2 saturated heterocycles. The number of hydrogen-bond acceptors (Lipinski definition) is 4. The van der Waals surface area contributed by atoms with Gasteiger partial charge in [0.1, 0.15) is 6.04 Å². The quantitative estimate of drug-likeness (QED) is 0.873. The topological polar surface area (TPSA) is 90.8 Å². The van der Waals surface area contributed by atoms with Gasteiger partial charge in [0, 0.05) is 37.9 Å². The number of carboxylic acid groups (broad SMARTS) is 1. The summed E-state index contributed by atoms with van der Waals surface area (Å²) in [5, 5.41) is 9.60. The van der Waals surface area contributed by atoms with E-state index in [0.717, 1.165) is 31.2 Å². The SMILES string of the molecule is Cc1cncc(C(=O)N2CCC3(CC2)C[C@H](C(=O)O)N(C(=O)C2CC2)C3)c1. The van der Waals surface area contributed by atoms with Gasteiger partial charge < -0.3 is 14.9 Å². The fraction of sp³-hybridized carbons (Fsp3) is 0.600. The first-order valence-corrected chi connectivity index (χ1v) is 9.63. The van der Waals surface area contributed by atoms with E-state index in [0.29, 0.717) is 31.6 Å². The number of carbonyl (C=O) groups excluding carboxylic acids is 2. The van der Waals surface area contributed by atoms with Crippen molar-refractivity contribution in [1.29, 1.82) is 0 Å². The van der Waals surface area contributed by atoms with Gasteiger partial charge in [-0.1, -0.05) is 0 Å². The molecule has 1 atom stereocenters. The molecule has 27 heavy (non-hydrogen) atoms. The van der Waals surface area contributed by atoms with Crippen LogP contribution in [0.2, 0.25) is 0 Å². The number of likely N-dealkylation sites (tertiary alicyclic amines) is 2. The standard InChI is InChI=1S/C20H25N3O4/c1-13-8-15(11-21-10-13)17(24)22-6-4-20(5-7-22)9-16(19(26)27)23(12-20)18(25)14-2-3-14/h8,10-11,14,16H,2-7,9,12H2,1H3,(H,26,27)/t16-/m1/s1. The second-order valence-electron chi connectivity index (χ2n) is 8.34. The van der Waals surface area contributed by atoms with Gasteiger partial charge in [-0.2, -0.15) is 0 Å². The first-order chi connectivity index (χ1) is 12.9. The molecule has 1 aliphatic carbocycles. The lowest BCUT2D eigenvalue weighted by Gasteiger charge is -2.39. The van der Waals surface area contributed by atoms with Gasteiger partial charge in [-0.3, -0.25) is 14.6 Å². The van der Waals surface area contributed by atoms with E-state index < -0.39 is 12.0 Å². The first-order valence-electron chi connectivity index (χ1n) is 9.63. The van der Waals surface area contributed by atoms with Crippen molar-refractivity contribution in [2.24, 2.45) is 11.3 Å². The molecule has 0 unspecified atom stereocenters. The maximum atomic E-state index is 12.7. The molecule has 1 saturated carbocycles. The molecular weight excluding hydrogens is 346 g/mol. The van der Waals surface area contributed by atoms with Gasteiger partial charge in [0.25, 0.3) is 5.91 Å². The van der Waals surface area contributed by atoms with Crippen molar-refractivity contribution in [3.63, 3.8) is 0 Å². The van der Waals surface area contributed by atoms with E-state index in [-0.39, 0.29) is 23.1 Å². The van der Waals surface area contributed by atoms with Crippen molar-refractivity contribution in [1.82, 2.24) is 14.8 Å². The molecule has 1 spiro atoms. The molecule has 2 aliphatic heterocycles. The molecule has 3 heterocycles. The summed E-state index contributed by atoms with van der Waals surface area (Å²) in [6.45, 7) is 3.59. The summed E-state index contributed by atoms with van der Waals surface area (Å²) in [5.74, 6) is -0.911. The molecule has 1 N–H and O–H groups in total. The first kappa shape index (κ1) is 17.9. The maximum absolute atomic E-state index is 12.7. The number of carboxylic acids is 1. The Morgan fingerprint density at radius 1 is 1.19 bits per heavy atom. The maximum Gasteiger partial charge on any atom is 0.326 e. The van der Waals surface area contributed by atoms with Crippen LogP contribution in [0.1, 0.15) is 48.0 Å². The Labute approximate surface area is 158 Å². The predicted octanol–water partition coefficient (Wildman–Crippen LogP) is 1.71. The van der Waals surface area contributed by atoms with Gasteiger partial charge in [0.05, 0.1) is 5.56 Å². The predicted molar refractivity (Wildman–Crippen MR) is 97.0 cm³/mol. The van der Waals surface area contributed by atoms with Crippen LogP contribution in [0.4, 0.5) is 0 Å². The van der Waals surface area contributed by atoms with E-state index >= 15 is 0 Å². The smallest absolute Gasteiger partial charge is 0.326 e. The van der Waals surface area contributed by atoms with Crippen LogP contribution in [-0.4, -0.2) is 63.4 Å². The Kier molecular flexibility index (Phi) is 4.40. The third-order valence-electron chi connectivity index (χ3n) is 6.24. The molecule has 7 heteroatoms. The third-order valence-corrected chi connectivity index (χ3v) is 6.24. The lowest BCUT2D eigenvalue weighted by Crippen LogP contribution is -2.45. The molecule has 3 aliphatic rings. The fourth-order valence-electron chi connectivity index (χ4n) is 4.47. The van der Waals surface area contributed by atoms with E-state index in [4.69, 9.17) is 0 Å². The average molecular weight is 371 g/mol. The minimum atomic E-state index is -0.912. The third kappa shape index (κ3) is 3.42. The van der Waals surface area contributed by atoms with Gasteiger partial charge in [-0.25, -0.2) is 4.79 Å². The van der Waals surface area contributed by atoms with Crippen LogP contribution >= 0.6 is 0 Å². The lowest BCUT2D eigenvalue weighted by molar-refractivity contribution is -0.148. The summed E-state index contributed by atoms with van der Waals surface area (Å²) in [6.07, 6.45) is 7.02. The van der Waals surface area contributed by atoms with Crippen LogP contribution in [0.15, 0.2) is 18.5 Å². The second-order valence-corrected chi connectivity index (χ2v) is 8.34. The molecule has 0 radical (unpaired) electrons. The highest BCUT2D eigenvalue weighted by atomic mass is 16.4. The van der Waals surface area contributed by atoms with Crippen molar-refractivity contribution in [3.05, 3.63) is 29.6 Å². The zero-order valence-corrected chi connectivity index (χ0v) is 15.6. The normalized spacial score (nSPS) is 24.3. The second kappa shape index (κ2) is 6.62. The number of piperidine rings is 1. The summed E-state index contributed by atoms with van der Waals surface area (Å²) in [7, 11) is 0. The van der Waals surface area contributed by atoms with E-state index in [2.05, 4.69) is 4.98 Å². The van der Waals surface area contributed by atoms with Gasteiger partial charge in [0.2, 0.25) is 5.91 Å². The summed E-state index contributed by atoms with van der Waals surface area (Å²) >= 11 is 0. The Balaban J connectivity index is 1.44. The summed E-state index contributed by atoms with van der Waals surface area (Å²) in [4.78, 5) is 44.5. The number of aryl methyl sites for hydroxylation is 1. The minimum absolute atomic E-state index is 0.00335. The van der Waals surface area contributed by atoms with Crippen LogP contribution in [0.25, 0.3) is 0 Å². The molecule has 4 rings (SSSR count). The number of aromatic nitrogens is 1. The van der Waals surface area contributed by atoms with Crippen LogP contribution in [0.3, 0.4) is 0 Å². The number of aliphatic carboxylic acids is 1. The van der Waals surface area contributed by atoms with Crippen molar-refractivity contribution >= 4 is 17.8 Å². The molecule has 1 aromatic heterocycles. The molecule has 144 valence electrons. The van der Waals surface area contributed by atoms with Crippen molar-refractivity contribution in [2.45, 2.75) is 45.1 Å². The Bertz CT molecular complexity index is 781. The Morgan fingerprint density at radius 3 is 2.48 bits per heavy atom. The zero-order chi connectivity index (χ0) is 19.2. The molecule has 3 fully saturated rings. The summed E-state index contributed by atoms with van der Waals surface area (Å²) in [6, 6.07) is 1.12. The highest BCUT2D eigenvalue weighted by Gasteiger charge is 2.52. The molecule has 7 nitrogen and oxygen atoms in total. The van der Waals surface area contributed by atoms with Crippen LogP contribution < -0.4 is 0 Å². The van der Waals surface area contributed by atoms with Crippen molar-refractivity contribution < 1.29 is 19.5 Å². The molecule has 0 aromatic carbocycles. The van der Waals surface area contributed by atoms with Crippen molar-refractivity contribution in [2.75, 3.05) is 19.6 Å². The Hall–Kier alpha value is -2.44. The molecular formula is C20H25N3O4. The largest absolute Gasteiger partial charge is 0.480 e. The van der Waals surface area contributed by atoms with Crippen LogP contribution in [0, 0.1) is 18.3 Å². The number of pyridine rings is 1. The van der Waals surface area contributed by atoms with Gasteiger partial charge in [-0.15, -0.1) is 0 Å². The van der Waals surface area contributed by atoms with E-state index in [1.165, 1.54) is 0 Å². The number of nitrogens with zero attached hydrogens (tertiary/aromatic N) is 3. The molecule has 1 aromatic rings. The van der Waals surface area contributed by atoms with Crippen LogP contribution in [0.5, 0.6) is 0 Å². The molecule has 2 amide bonds. The van der Waals surface area contributed by atoms with Gasteiger partial charge in [-0.05, 0) is 56.1 Å². The Morgan fingerprint density at radius 2 is 1.89 bits per heavy atom. The minimum Gasteiger partial charge on any atom is -0.480 e. The lowest BCUT2D eigenvalue weighted by atomic mass is 9.76. The van der Waals surface area contributed by atoms with E-state index in [9.17, 15) is 19.5 Å². The highest BCUT2D eigenvalue weighted by Crippen LogP contribution is 2.45. The summed E-state index contributed by atoms with van der Waals surface area (Å²) < 4.78 is 0. The number of amides is 2. The highest BCUT2D eigenvalue weighted by molar-refractivity contribution is 5.94. The number of rotatable bonds is 3.